The van der Waals surface area contributed by atoms with E-state index in [0.29, 0.717) is 5.69 Å². The Kier molecular flexibility index (Phi) is 3.86. The third-order valence-electron chi connectivity index (χ3n) is 1.52. The second kappa shape index (κ2) is 5.40. The molecule has 3 amide bonds. The highest BCUT2D eigenvalue weighted by Gasteiger charge is 2.06. The molecule has 0 fully saturated rings. The fraction of sp³-hybridized carbons (Fsp3) is 0.100. The van der Waals surface area contributed by atoms with Gasteiger partial charge in [0, 0.05) is 5.69 Å². The molecule has 0 bridgehead atoms. The molecular formula is C10H9N3O2. The van der Waals surface area contributed by atoms with Crippen LogP contribution in [0, 0.1) is 11.3 Å². The molecule has 5 heteroatoms. The molecule has 1 rings (SSSR count). The minimum atomic E-state index is -0.638. The van der Waals surface area contributed by atoms with Crippen LogP contribution in [0.1, 0.15) is 6.42 Å². The average molecular weight is 203 g/mol. The van der Waals surface area contributed by atoms with E-state index in [1.807, 2.05) is 11.4 Å². The largest absolute Gasteiger partial charge is 0.325 e. The highest BCUT2D eigenvalue weighted by molar-refractivity contribution is 6.01. The minimum Gasteiger partial charge on any atom is -0.308 e. The molecular weight excluding hydrogens is 194 g/mol. The van der Waals surface area contributed by atoms with Crippen LogP contribution in [0.2, 0.25) is 0 Å². The fourth-order valence-electron chi connectivity index (χ4n) is 0.926. The molecule has 0 aromatic heterocycles. The lowest BCUT2D eigenvalue weighted by molar-refractivity contribution is -0.118. The summed E-state index contributed by atoms with van der Waals surface area (Å²) in [6.07, 6.45) is -0.331. The van der Waals surface area contributed by atoms with Gasteiger partial charge in [-0.3, -0.25) is 10.1 Å². The molecule has 15 heavy (non-hydrogen) atoms. The monoisotopic (exact) mass is 203 g/mol. The molecule has 0 saturated carbocycles. The van der Waals surface area contributed by atoms with Crippen molar-refractivity contribution in [1.29, 1.82) is 5.26 Å². The molecule has 1 aromatic rings. The fourth-order valence-corrected chi connectivity index (χ4v) is 0.926. The van der Waals surface area contributed by atoms with Crippen molar-refractivity contribution in [2.45, 2.75) is 6.42 Å². The Morgan fingerprint density at radius 1 is 1.27 bits per heavy atom. The van der Waals surface area contributed by atoms with Crippen molar-refractivity contribution < 1.29 is 9.59 Å². The number of amides is 3. The van der Waals surface area contributed by atoms with Crippen molar-refractivity contribution in [2.75, 3.05) is 5.32 Å². The molecule has 5 nitrogen and oxygen atoms in total. The molecule has 0 spiro atoms. The Morgan fingerprint density at radius 2 is 1.93 bits per heavy atom. The molecule has 0 aliphatic rings. The van der Waals surface area contributed by atoms with Crippen molar-refractivity contribution in [3.63, 3.8) is 0 Å². The Hall–Kier alpha value is -2.35. The molecule has 0 heterocycles. The lowest BCUT2D eigenvalue weighted by atomic mass is 10.3. The van der Waals surface area contributed by atoms with Gasteiger partial charge in [0.2, 0.25) is 5.91 Å². The number of nitriles is 1. The van der Waals surface area contributed by atoms with Crippen LogP contribution in [0.3, 0.4) is 0 Å². The van der Waals surface area contributed by atoms with Crippen LogP contribution in [0.15, 0.2) is 30.3 Å². The summed E-state index contributed by atoms with van der Waals surface area (Å²) < 4.78 is 0. The van der Waals surface area contributed by atoms with Crippen molar-refractivity contribution in [2.24, 2.45) is 0 Å². The zero-order chi connectivity index (χ0) is 11.1. The summed E-state index contributed by atoms with van der Waals surface area (Å²) in [7, 11) is 0. The predicted octanol–water partition coefficient (Wildman–Crippen LogP) is 1.25. The Balaban J connectivity index is 2.44. The van der Waals surface area contributed by atoms with Crippen molar-refractivity contribution in [1.82, 2.24) is 5.32 Å². The molecule has 0 aliphatic carbocycles. The summed E-state index contributed by atoms with van der Waals surface area (Å²) in [6, 6.07) is 9.71. The highest BCUT2D eigenvalue weighted by atomic mass is 16.2. The van der Waals surface area contributed by atoms with E-state index in [1.165, 1.54) is 0 Å². The third-order valence-corrected chi connectivity index (χ3v) is 1.52. The minimum absolute atomic E-state index is 0.331. The van der Waals surface area contributed by atoms with Gasteiger partial charge in [-0.05, 0) is 12.1 Å². The van der Waals surface area contributed by atoms with Gasteiger partial charge in [0.25, 0.3) is 0 Å². The quantitative estimate of drug-likeness (QED) is 0.758. The number of anilines is 1. The van der Waals surface area contributed by atoms with Crippen molar-refractivity contribution >= 4 is 17.6 Å². The van der Waals surface area contributed by atoms with E-state index in [0.717, 1.165) is 0 Å². The number of para-hydroxylation sites is 1. The van der Waals surface area contributed by atoms with Crippen LogP contribution in [-0.2, 0) is 4.79 Å². The second-order valence-electron chi connectivity index (χ2n) is 2.70. The molecule has 2 N–H and O–H groups in total. The van der Waals surface area contributed by atoms with Gasteiger partial charge in [0.05, 0.1) is 6.07 Å². The standard InChI is InChI=1S/C10H9N3O2/c11-7-6-9(14)13-10(15)12-8-4-2-1-3-5-8/h1-5H,6H2,(H2,12,13,14,15). The van der Waals surface area contributed by atoms with E-state index in [-0.39, 0.29) is 6.42 Å². The lowest BCUT2D eigenvalue weighted by Gasteiger charge is -2.04. The van der Waals surface area contributed by atoms with Crippen LogP contribution in [0.5, 0.6) is 0 Å². The van der Waals surface area contributed by atoms with Crippen LogP contribution in [0.25, 0.3) is 0 Å². The van der Waals surface area contributed by atoms with Gasteiger partial charge < -0.3 is 5.32 Å². The maximum Gasteiger partial charge on any atom is 0.325 e. The van der Waals surface area contributed by atoms with Crippen LogP contribution < -0.4 is 10.6 Å². The molecule has 1 aromatic carbocycles. The molecule has 0 unspecified atom stereocenters. The van der Waals surface area contributed by atoms with Crippen LogP contribution in [0.4, 0.5) is 10.5 Å². The van der Waals surface area contributed by atoms with Crippen LogP contribution in [-0.4, -0.2) is 11.9 Å². The summed E-state index contributed by atoms with van der Waals surface area (Å²) in [6.45, 7) is 0. The van der Waals surface area contributed by atoms with E-state index >= 15 is 0 Å². The Morgan fingerprint density at radius 3 is 2.53 bits per heavy atom. The summed E-state index contributed by atoms with van der Waals surface area (Å²) in [5.41, 5.74) is 0.583. The van der Waals surface area contributed by atoms with Gasteiger partial charge in [0.1, 0.15) is 6.42 Å². The van der Waals surface area contributed by atoms with Gasteiger partial charge in [-0.15, -0.1) is 0 Å². The van der Waals surface area contributed by atoms with E-state index in [4.69, 9.17) is 5.26 Å². The van der Waals surface area contributed by atoms with Crippen molar-refractivity contribution in [3.8, 4) is 6.07 Å². The summed E-state index contributed by atoms with van der Waals surface area (Å²) in [5, 5.41) is 12.7. The molecule has 0 aliphatic heterocycles. The first-order valence-corrected chi connectivity index (χ1v) is 4.25. The smallest absolute Gasteiger partial charge is 0.308 e. The van der Waals surface area contributed by atoms with Gasteiger partial charge in [-0.1, -0.05) is 18.2 Å². The van der Waals surface area contributed by atoms with Gasteiger partial charge in [-0.25, -0.2) is 4.79 Å². The van der Waals surface area contributed by atoms with Gasteiger partial charge in [-0.2, -0.15) is 5.26 Å². The van der Waals surface area contributed by atoms with Gasteiger partial charge >= 0.3 is 6.03 Å². The highest BCUT2D eigenvalue weighted by Crippen LogP contribution is 2.03. The molecule has 0 atom stereocenters. The summed E-state index contributed by atoms with van der Waals surface area (Å²) >= 11 is 0. The van der Waals surface area contributed by atoms with Crippen molar-refractivity contribution in [3.05, 3.63) is 30.3 Å². The average Bonchev–Trinajstić information content (AvgIpc) is 2.19. The number of nitrogens with zero attached hydrogens (tertiary/aromatic N) is 1. The number of hydrogen-bond acceptors (Lipinski definition) is 3. The first-order valence-electron chi connectivity index (χ1n) is 4.25. The van der Waals surface area contributed by atoms with Crippen LogP contribution >= 0.6 is 0 Å². The maximum absolute atomic E-state index is 11.1. The number of hydrogen-bond donors (Lipinski definition) is 2. The number of carbonyl (C=O) groups excluding carboxylic acids is 2. The summed E-state index contributed by atoms with van der Waals surface area (Å²) in [5.74, 6) is -0.620. The van der Waals surface area contributed by atoms with E-state index in [2.05, 4.69) is 5.32 Å². The normalized spacial score (nSPS) is 8.73. The first-order chi connectivity index (χ1) is 7.22. The number of urea groups is 1. The third kappa shape index (κ3) is 3.91. The second-order valence-corrected chi connectivity index (χ2v) is 2.70. The number of carbonyl (C=O) groups is 2. The maximum atomic E-state index is 11.1. The number of imide groups is 1. The SMILES string of the molecule is N#CCC(=O)NC(=O)Nc1ccccc1. The molecule has 76 valence electrons. The van der Waals surface area contributed by atoms with E-state index in [1.54, 1.807) is 30.3 Å². The first kappa shape index (κ1) is 10.7. The van der Waals surface area contributed by atoms with E-state index < -0.39 is 11.9 Å². The van der Waals surface area contributed by atoms with Gasteiger partial charge in [0.15, 0.2) is 0 Å². The number of rotatable bonds is 2. The molecule has 0 saturated heterocycles. The predicted molar refractivity (Wildman–Crippen MR) is 53.8 cm³/mol. The zero-order valence-electron chi connectivity index (χ0n) is 7.86. The zero-order valence-corrected chi connectivity index (χ0v) is 7.86. The Labute approximate surface area is 86.7 Å². The van der Waals surface area contributed by atoms with E-state index in [9.17, 15) is 9.59 Å². The number of nitrogens with one attached hydrogen (secondary N) is 2. The number of benzene rings is 1. The molecule has 0 radical (unpaired) electrons. The lowest BCUT2D eigenvalue weighted by Crippen LogP contribution is -2.33. The summed E-state index contributed by atoms with van der Waals surface area (Å²) in [4.78, 5) is 22.0. The topological polar surface area (TPSA) is 82.0 Å². The Bertz CT molecular complexity index is 395.